The molecule has 0 bridgehead atoms. The number of benzene rings is 2. The normalized spacial score (nSPS) is 11.2. The van der Waals surface area contributed by atoms with Crippen LogP contribution in [-0.4, -0.2) is 33.7 Å². The van der Waals surface area contributed by atoms with Gasteiger partial charge in [0.15, 0.2) is 0 Å². The Kier molecular flexibility index (Phi) is 7.15. The van der Waals surface area contributed by atoms with Gasteiger partial charge >= 0.3 is 0 Å². The molecular formula is C19H23FN2O3S. The number of nitrogens with one attached hydrogen (secondary N) is 1. The summed E-state index contributed by atoms with van der Waals surface area (Å²) in [6.45, 7) is 0.399. The van der Waals surface area contributed by atoms with Crippen LogP contribution in [-0.2, 0) is 21.2 Å². The van der Waals surface area contributed by atoms with Crippen molar-refractivity contribution < 1.29 is 17.6 Å². The van der Waals surface area contributed by atoms with Crippen molar-refractivity contribution in [3.05, 3.63) is 66.0 Å². The fourth-order valence-electron chi connectivity index (χ4n) is 2.58. The van der Waals surface area contributed by atoms with Gasteiger partial charge in [-0.05, 0) is 30.5 Å². The predicted octanol–water partition coefficient (Wildman–Crippen LogP) is 2.73. The zero-order valence-electron chi connectivity index (χ0n) is 14.7. The quantitative estimate of drug-likeness (QED) is 0.683. The van der Waals surface area contributed by atoms with Crippen molar-refractivity contribution in [3.63, 3.8) is 0 Å². The lowest BCUT2D eigenvalue weighted by Gasteiger charge is -2.22. The van der Waals surface area contributed by atoms with Crippen LogP contribution in [0.4, 0.5) is 10.1 Å². The van der Waals surface area contributed by atoms with Gasteiger partial charge < -0.3 is 5.32 Å². The Bertz CT molecular complexity index is 826. The van der Waals surface area contributed by atoms with Gasteiger partial charge in [-0.1, -0.05) is 42.5 Å². The lowest BCUT2D eigenvalue weighted by Crippen LogP contribution is -2.35. The Morgan fingerprint density at radius 1 is 1.08 bits per heavy atom. The molecular weight excluding hydrogens is 355 g/mol. The van der Waals surface area contributed by atoms with Gasteiger partial charge in [0.05, 0.1) is 11.9 Å². The number of nitrogens with zero attached hydrogens (tertiary/aromatic N) is 1. The molecule has 0 aliphatic heterocycles. The van der Waals surface area contributed by atoms with Crippen LogP contribution in [0.5, 0.6) is 0 Å². The van der Waals surface area contributed by atoms with E-state index in [2.05, 4.69) is 5.32 Å². The molecule has 0 radical (unpaired) electrons. The number of sulfonamides is 1. The topological polar surface area (TPSA) is 66.5 Å². The summed E-state index contributed by atoms with van der Waals surface area (Å²) in [7, 11) is -3.68. The smallest absolute Gasteiger partial charge is 0.232 e. The molecule has 0 atom stereocenters. The summed E-state index contributed by atoms with van der Waals surface area (Å²) in [5.74, 6) is -0.899. The van der Waals surface area contributed by atoms with Crippen LogP contribution in [0.2, 0.25) is 0 Å². The van der Waals surface area contributed by atoms with Gasteiger partial charge in [-0.25, -0.2) is 12.8 Å². The summed E-state index contributed by atoms with van der Waals surface area (Å²) in [5, 5.41) is 2.77. The molecule has 7 heteroatoms. The molecule has 0 saturated carbocycles. The first kappa shape index (κ1) is 19.9. The van der Waals surface area contributed by atoms with Gasteiger partial charge in [0.25, 0.3) is 0 Å². The molecule has 1 amide bonds. The number of rotatable bonds is 9. The molecule has 0 saturated heterocycles. The fraction of sp³-hybridized carbons (Fsp3) is 0.316. The van der Waals surface area contributed by atoms with Crippen molar-refractivity contribution in [1.82, 2.24) is 5.32 Å². The van der Waals surface area contributed by atoms with Crippen LogP contribution < -0.4 is 9.62 Å². The molecule has 0 spiro atoms. The van der Waals surface area contributed by atoms with E-state index in [1.807, 2.05) is 30.3 Å². The van der Waals surface area contributed by atoms with Gasteiger partial charge in [0.2, 0.25) is 15.9 Å². The molecule has 0 aromatic heterocycles. The summed E-state index contributed by atoms with van der Waals surface area (Å²) in [5.41, 5.74) is 1.15. The predicted molar refractivity (Wildman–Crippen MR) is 101 cm³/mol. The molecule has 0 fully saturated rings. The number of anilines is 1. The monoisotopic (exact) mass is 378 g/mol. The molecule has 140 valence electrons. The van der Waals surface area contributed by atoms with Crippen molar-refractivity contribution in [2.45, 2.75) is 19.3 Å². The van der Waals surface area contributed by atoms with E-state index in [-0.39, 0.29) is 24.6 Å². The van der Waals surface area contributed by atoms with E-state index in [1.54, 1.807) is 6.07 Å². The van der Waals surface area contributed by atoms with Crippen LogP contribution in [0.3, 0.4) is 0 Å². The Balaban J connectivity index is 1.83. The molecule has 2 aromatic carbocycles. The second kappa shape index (κ2) is 9.33. The van der Waals surface area contributed by atoms with Crippen LogP contribution in [0, 0.1) is 5.82 Å². The maximum atomic E-state index is 13.9. The highest BCUT2D eigenvalue weighted by atomic mass is 32.2. The maximum absolute atomic E-state index is 13.9. The van der Waals surface area contributed by atoms with Gasteiger partial charge in [0, 0.05) is 19.5 Å². The molecule has 5 nitrogen and oxygen atoms in total. The molecule has 1 N–H and O–H groups in total. The average Bonchev–Trinajstić information content (AvgIpc) is 2.60. The highest BCUT2D eigenvalue weighted by Crippen LogP contribution is 2.21. The molecule has 2 rings (SSSR count). The number of hydrogen-bond acceptors (Lipinski definition) is 3. The Morgan fingerprint density at radius 2 is 1.73 bits per heavy atom. The molecule has 0 aliphatic rings. The van der Waals surface area contributed by atoms with E-state index in [9.17, 15) is 17.6 Å². The number of carbonyl (C=O) groups excluding carboxylic acids is 1. The highest BCUT2D eigenvalue weighted by Gasteiger charge is 2.21. The molecule has 26 heavy (non-hydrogen) atoms. The third kappa shape index (κ3) is 6.15. The minimum Gasteiger partial charge on any atom is -0.356 e. The largest absolute Gasteiger partial charge is 0.356 e. The maximum Gasteiger partial charge on any atom is 0.232 e. The van der Waals surface area contributed by atoms with E-state index < -0.39 is 15.8 Å². The van der Waals surface area contributed by atoms with Crippen molar-refractivity contribution in [1.29, 1.82) is 0 Å². The molecule has 0 unspecified atom stereocenters. The first-order valence-corrected chi connectivity index (χ1v) is 10.3. The second-order valence-electron chi connectivity index (χ2n) is 5.98. The third-order valence-electron chi connectivity index (χ3n) is 3.87. The summed E-state index contributed by atoms with van der Waals surface area (Å²) in [4.78, 5) is 12.0. The van der Waals surface area contributed by atoms with E-state index in [4.69, 9.17) is 0 Å². The summed E-state index contributed by atoms with van der Waals surface area (Å²) in [6, 6.07) is 15.6. The van der Waals surface area contributed by atoms with Crippen LogP contribution >= 0.6 is 0 Å². The van der Waals surface area contributed by atoms with Crippen LogP contribution in [0.15, 0.2) is 54.6 Å². The van der Waals surface area contributed by atoms with Gasteiger partial charge in [-0.3, -0.25) is 9.10 Å². The van der Waals surface area contributed by atoms with E-state index in [0.717, 1.165) is 23.4 Å². The third-order valence-corrected chi connectivity index (χ3v) is 5.05. The number of aryl methyl sites for hydroxylation is 1. The number of halogens is 1. The summed E-state index contributed by atoms with van der Waals surface area (Å²) >= 11 is 0. The summed E-state index contributed by atoms with van der Waals surface area (Å²) < 4.78 is 38.7. The van der Waals surface area contributed by atoms with Crippen LogP contribution in [0.25, 0.3) is 0 Å². The van der Waals surface area contributed by atoms with E-state index >= 15 is 0 Å². The van der Waals surface area contributed by atoms with Gasteiger partial charge in [0.1, 0.15) is 5.82 Å². The van der Waals surface area contributed by atoms with Gasteiger partial charge in [-0.2, -0.15) is 0 Å². The molecule has 0 heterocycles. The fourth-order valence-corrected chi connectivity index (χ4v) is 3.50. The first-order valence-electron chi connectivity index (χ1n) is 8.41. The molecule has 2 aromatic rings. The van der Waals surface area contributed by atoms with E-state index in [0.29, 0.717) is 6.54 Å². The van der Waals surface area contributed by atoms with E-state index in [1.165, 1.54) is 23.8 Å². The zero-order valence-corrected chi connectivity index (χ0v) is 15.5. The van der Waals surface area contributed by atoms with Crippen LogP contribution in [0.1, 0.15) is 18.4 Å². The lowest BCUT2D eigenvalue weighted by molar-refractivity contribution is -0.120. The Morgan fingerprint density at radius 3 is 2.38 bits per heavy atom. The second-order valence-corrected chi connectivity index (χ2v) is 7.88. The number of hydrogen-bond donors (Lipinski definition) is 1. The zero-order chi connectivity index (χ0) is 19.0. The summed E-state index contributed by atoms with van der Waals surface area (Å²) in [6.07, 6.45) is 2.61. The SMILES string of the molecule is CS(=O)(=O)N(CCC(=O)NCCCc1ccccc1)c1ccccc1F. The van der Waals surface area contributed by atoms with Crippen molar-refractivity contribution in [2.24, 2.45) is 0 Å². The number of para-hydroxylation sites is 1. The minimum absolute atomic E-state index is 0.0350. The average molecular weight is 378 g/mol. The number of amides is 1. The van der Waals surface area contributed by atoms with Crippen molar-refractivity contribution >= 4 is 21.6 Å². The standard InChI is InChI=1S/C19H23FN2O3S/c1-26(24,25)22(18-12-6-5-11-17(18)20)15-13-19(23)21-14-7-10-16-8-3-2-4-9-16/h2-6,8-9,11-12H,7,10,13-15H2,1H3,(H,21,23). The first-order chi connectivity index (χ1) is 12.4. The Hall–Kier alpha value is -2.41. The number of carbonyl (C=O) groups is 1. The lowest BCUT2D eigenvalue weighted by atomic mass is 10.1. The minimum atomic E-state index is -3.68. The highest BCUT2D eigenvalue weighted by molar-refractivity contribution is 7.92. The van der Waals surface area contributed by atoms with Crippen molar-refractivity contribution in [2.75, 3.05) is 23.7 Å². The molecule has 0 aliphatic carbocycles. The van der Waals surface area contributed by atoms with Gasteiger partial charge in [-0.15, -0.1) is 0 Å². The Labute approximate surface area is 153 Å². The van der Waals surface area contributed by atoms with Crippen molar-refractivity contribution in [3.8, 4) is 0 Å².